The van der Waals surface area contributed by atoms with Crippen molar-refractivity contribution in [1.82, 2.24) is 20.3 Å². The second-order valence-electron chi connectivity index (χ2n) is 8.34. The molecule has 0 aliphatic heterocycles. The van der Waals surface area contributed by atoms with E-state index in [0.717, 1.165) is 34.1 Å². The summed E-state index contributed by atoms with van der Waals surface area (Å²) in [6, 6.07) is 29.5. The summed E-state index contributed by atoms with van der Waals surface area (Å²) in [7, 11) is 0. The lowest BCUT2D eigenvalue weighted by Crippen LogP contribution is -2.23. The molecule has 5 aromatic rings. The van der Waals surface area contributed by atoms with Crippen LogP contribution in [0, 0.1) is 6.92 Å². The average molecular weight is 492 g/mol. The maximum absolute atomic E-state index is 12.8. The zero-order valence-electron chi connectivity index (χ0n) is 19.8. The van der Waals surface area contributed by atoms with E-state index >= 15 is 0 Å². The van der Waals surface area contributed by atoms with Gasteiger partial charge in [0.15, 0.2) is 0 Å². The number of amides is 1. The summed E-state index contributed by atoms with van der Waals surface area (Å²) in [5, 5.41) is 9.32. The SMILES string of the molecule is Cc1nc(Nc2cccc(C(=O)NCc3csc(Cc4ccccc4)n3)c2)cc(-c2ccccc2)n1. The molecule has 6 nitrogen and oxygen atoms in total. The summed E-state index contributed by atoms with van der Waals surface area (Å²) in [6.45, 7) is 2.25. The van der Waals surface area contributed by atoms with Crippen molar-refractivity contribution in [3.63, 3.8) is 0 Å². The fourth-order valence-electron chi connectivity index (χ4n) is 3.83. The lowest BCUT2D eigenvalue weighted by molar-refractivity contribution is 0.0950. The van der Waals surface area contributed by atoms with E-state index in [-0.39, 0.29) is 5.91 Å². The highest BCUT2D eigenvalue weighted by Crippen LogP contribution is 2.23. The molecule has 0 spiro atoms. The summed E-state index contributed by atoms with van der Waals surface area (Å²) in [6.07, 6.45) is 0.793. The minimum atomic E-state index is -0.153. The van der Waals surface area contributed by atoms with Crippen molar-refractivity contribution in [2.75, 3.05) is 5.32 Å². The van der Waals surface area contributed by atoms with Gasteiger partial charge in [-0.1, -0.05) is 66.7 Å². The van der Waals surface area contributed by atoms with Gasteiger partial charge in [0.05, 0.1) is 22.9 Å². The first-order valence-electron chi connectivity index (χ1n) is 11.7. The summed E-state index contributed by atoms with van der Waals surface area (Å²) < 4.78 is 0. The van der Waals surface area contributed by atoms with Crippen molar-refractivity contribution in [1.29, 1.82) is 0 Å². The zero-order chi connectivity index (χ0) is 24.7. The molecule has 0 atom stereocenters. The summed E-state index contributed by atoms with van der Waals surface area (Å²) >= 11 is 1.61. The van der Waals surface area contributed by atoms with E-state index in [9.17, 15) is 4.79 Å². The topological polar surface area (TPSA) is 79.8 Å². The smallest absolute Gasteiger partial charge is 0.251 e. The van der Waals surface area contributed by atoms with Gasteiger partial charge in [0.25, 0.3) is 5.91 Å². The largest absolute Gasteiger partial charge is 0.346 e. The van der Waals surface area contributed by atoms with E-state index in [0.29, 0.717) is 23.8 Å². The third-order valence-corrected chi connectivity index (χ3v) is 6.43. The van der Waals surface area contributed by atoms with Crippen LogP contribution in [-0.4, -0.2) is 20.9 Å². The van der Waals surface area contributed by atoms with Gasteiger partial charge in [0, 0.05) is 34.7 Å². The van der Waals surface area contributed by atoms with E-state index in [1.165, 1.54) is 5.56 Å². The van der Waals surface area contributed by atoms with Gasteiger partial charge in [-0.3, -0.25) is 4.79 Å². The van der Waals surface area contributed by atoms with Gasteiger partial charge < -0.3 is 10.6 Å². The van der Waals surface area contributed by atoms with Gasteiger partial charge in [-0.15, -0.1) is 11.3 Å². The van der Waals surface area contributed by atoms with Gasteiger partial charge in [-0.25, -0.2) is 15.0 Å². The average Bonchev–Trinajstić information content (AvgIpc) is 3.35. The molecule has 36 heavy (non-hydrogen) atoms. The van der Waals surface area contributed by atoms with E-state index in [2.05, 4.69) is 37.7 Å². The Morgan fingerprint density at radius 3 is 2.44 bits per heavy atom. The molecule has 2 aromatic heterocycles. The quantitative estimate of drug-likeness (QED) is 0.271. The van der Waals surface area contributed by atoms with Crippen molar-refractivity contribution in [2.45, 2.75) is 19.9 Å². The summed E-state index contributed by atoms with van der Waals surface area (Å²) in [5.41, 5.74) is 5.29. The van der Waals surface area contributed by atoms with Crippen LogP contribution in [0.5, 0.6) is 0 Å². The minimum absolute atomic E-state index is 0.153. The fraction of sp³-hybridized carbons (Fsp3) is 0.103. The summed E-state index contributed by atoms with van der Waals surface area (Å²) in [4.78, 5) is 26.5. The Hall–Kier alpha value is -4.36. The number of thiazole rings is 1. The highest BCUT2D eigenvalue weighted by molar-refractivity contribution is 7.09. The molecule has 0 radical (unpaired) electrons. The number of aryl methyl sites for hydroxylation is 1. The standard InChI is InChI=1S/C29H25N5OS/c1-20-31-26(22-11-6-3-7-12-22)17-27(32-20)33-24-14-8-13-23(16-24)29(35)30-18-25-19-36-28(34-25)15-21-9-4-2-5-10-21/h2-14,16-17,19H,15,18H2,1H3,(H,30,35)(H,31,32,33). The van der Waals surface area contributed by atoms with E-state index in [1.807, 2.05) is 85.1 Å². The molecule has 0 fully saturated rings. The van der Waals surface area contributed by atoms with Crippen molar-refractivity contribution >= 4 is 28.7 Å². The lowest BCUT2D eigenvalue weighted by atomic mass is 10.1. The van der Waals surface area contributed by atoms with Crippen molar-refractivity contribution in [3.05, 3.63) is 124 Å². The second-order valence-corrected chi connectivity index (χ2v) is 9.28. The maximum Gasteiger partial charge on any atom is 0.251 e. The maximum atomic E-state index is 12.8. The molecule has 0 aliphatic rings. The molecule has 0 aliphatic carbocycles. The fourth-order valence-corrected chi connectivity index (χ4v) is 4.66. The Bertz CT molecular complexity index is 1470. The second kappa shape index (κ2) is 10.9. The number of nitrogens with zero attached hydrogens (tertiary/aromatic N) is 3. The Morgan fingerprint density at radius 2 is 1.64 bits per heavy atom. The molecule has 5 rings (SSSR count). The Morgan fingerprint density at radius 1 is 0.861 bits per heavy atom. The molecule has 0 bridgehead atoms. The Labute approximate surface area is 214 Å². The van der Waals surface area contributed by atoms with Crippen molar-refractivity contribution in [3.8, 4) is 11.3 Å². The molecule has 7 heteroatoms. The number of anilines is 2. The van der Waals surface area contributed by atoms with Crippen LogP contribution in [-0.2, 0) is 13.0 Å². The van der Waals surface area contributed by atoms with Crippen LogP contribution in [0.25, 0.3) is 11.3 Å². The zero-order valence-corrected chi connectivity index (χ0v) is 20.6. The molecule has 178 valence electrons. The van der Waals surface area contributed by atoms with Gasteiger partial charge in [-0.05, 0) is 30.7 Å². The highest BCUT2D eigenvalue weighted by Gasteiger charge is 2.10. The van der Waals surface area contributed by atoms with Crippen LogP contribution >= 0.6 is 11.3 Å². The number of carbonyl (C=O) groups is 1. The number of nitrogens with one attached hydrogen (secondary N) is 2. The Balaban J connectivity index is 1.23. The highest BCUT2D eigenvalue weighted by atomic mass is 32.1. The van der Waals surface area contributed by atoms with E-state index in [1.54, 1.807) is 17.4 Å². The molecule has 0 unspecified atom stereocenters. The molecular weight excluding hydrogens is 466 g/mol. The van der Waals surface area contributed by atoms with Gasteiger partial charge in [0.2, 0.25) is 0 Å². The Kier molecular flexibility index (Phi) is 7.10. The van der Waals surface area contributed by atoms with Crippen LogP contribution in [0.1, 0.15) is 32.4 Å². The molecule has 0 saturated heterocycles. The van der Waals surface area contributed by atoms with Gasteiger partial charge in [-0.2, -0.15) is 0 Å². The van der Waals surface area contributed by atoms with Crippen LogP contribution in [0.3, 0.4) is 0 Å². The first-order valence-corrected chi connectivity index (χ1v) is 12.5. The lowest BCUT2D eigenvalue weighted by Gasteiger charge is -2.10. The first kappa shape index (κ1) is 23.4. The van der Waals surface area contributed by atoms with Gasteiger partial charge >= 0.3 is 0 Å². The van der Waals surface area contributed by atoms with Crippen molar-refractivity contribution < 1.29 is 4.79 Å². The van der Waals surface area contributed by atoms with Gasteiger partial charge in [0.1, 0.15) is 11.6 Å². The van der Waals surface area contributed by atoms with E-state index in [4.69, 9.17) is 0 Å². The number of carbonyl (C=O) groups excluding carboxylic acids is 1. The number of aromatic nitrogens is 3. The molecule has 2 heterocycles. The van der Waals surface area contributed by atoms with Crippen LogP contribution in [0.2, 0.25) is 0 Å². The number of hydrogen-bond acceptors (Lipinski definition) is 6. The minimum Gasteiger partial charge on any atom is -0.346 e. The number of hydrogen-bond donors (Lipinski definition) is 2. The van der Waals surface area contributed by atoms with E-state index < -0.39 is 0 Å². The molecular formula is C29H25N5OS. The number of benzene rings is 3. The third kappa shape index (κ3) is 6.00. The van der Waals surface area contributed by atoms with Crippen LogP contribution < -0.4 is 10.6 Å². The molecule has 3 aromatic carbocycles. The predicted octanol–water partition coefficient (Wildman–Crippen LogP) is 6.17. The molecule has 2 N–H and O–H groups in total. The predicted molar refractivity (Wildman–Crippen MR) is 144 cm³/mol. The molecule has 0 saturated carbocycles. The monoisotopic (exact) mass is 491 g/mol. The first-order chi connectivity index (χ1) is 17.6. The number of rotatable bonds is 8. The molecule has 1 amide bonds. The summed E-state index contributed by atoms with van der Waals surface area (Å²) in [5.74, 6) is 1.19. The van der Waals surface area contributed by atoms with Crippen LogP contribution in [0.4, 0.5) is 11.5 Å². The van der Waals surface area contributed by atoms with Crippen molar-refractivity contribution in [2.24, 2.45) is 0 Å². The third-order valence-electron chi connectivity index (χ3n) is 5.53. The van der Waals surface area contributed by atoms with Crippen LogP contribution in [0.15, 0.2) is 96.4 Å². The normalized spacial score (nSPS) is 10.7.